The summed E-state index contributed by atoms with van der Waals surface area (Å²) in [5.74, 6) is 0. The van der Waals surface area contributed by atoms with Crippen LogP contribution in [-0.2, 0) is 32.5 Å². The zero-order valence-electron chi connectivity index (χ0n) is 45.1. The molecule has 4 aliphatic rings. The lowest BCUT2D eigenvalue weighted by molar-refractivity contribution is 0.332. The van der Waals surface area contributed by atoms with Gasteiger partial charge in [-0.05, 0) is 181 Å². The average molecular weight is 860 g/mol. The van der Waals surface area contributed by atoms with E-state index >= 15 is 0 Å². The highest BCUT2D eigenvalue weighted by molar-refractivity contribution is 7.00. The van der Waals surface area contributed by atoms with Gasteiger partial charge in [0.25, 0.3) is 6.71 Å². The summed E-state index contributed by atoms with van der Waals surface area (Å²) >= 11 is 0. The third-order valence-corrected chi connectivity index (χ3v) is 16.5. The first-order chi connectivity index (χ1) is 31.5. The minimum absolute atomic E-state index is 0.0198. The van der Waals surface area contributed by atoms with Gasteiger partial charge in [-0.2, -0.15) is 0 Å². The fourth-order valence-corrected chi connectivity index (χ4v) is 12.1. The van der Waals surface area contributed by atoms with E-state index in [4.69, 9.17) is 0 Å². The zero-order valence-corrected chi connectivity index (χ0v) is 42.1. The predicted octanol–water partition coefficient (Wildman–Crippen LogP) is 15.3. The molecule has 0 saturated carbocycles. The van der Waals surface area contributed by atoms with E-state index in [9.17, 15) is 4.11 Å². The highest BCUT2D eigenvalue weighted by Gasteiger charge is 2.49. The molecule has 6 aromatic carbocycles. The van der Waals surface area contributed by atoms with Crippen molar-refractivity contribution in [2.75, 3.05) is 9.80 Å². The van der Waals surface area contributed by atoms with Gasteiger partial charge >= 0.3 is 0 Å². The summed E-state index contributed by atoms with van der Waals surface area (Å²) in [5, 5.41) is 0. The van der Waals surface area contributed by atoms with E-state index in [1.165, 1.54) is 49.9 Å². The Morgan fingerprint density at radius 1 is 0.477 bits per heavy atom. The van der Waals surface area contributed by atoms with Crippen LogP contribution in [-0.4, -0.2) is 6.71 Å². The van der Waals surface area contributed by atoms with Gasteiger partial charge in [0.2, 0.25) is 0 Å². The molecule has 2 aliphatic heterocycles. The molecular formula is C62H73BN2. The minimum atomic E-state index is -2.37. The highest BCUT2D eigenvalue weighted by atomic mass is 15.2. The molecular weight excluding hydrogens is 784 g/mol. The molecule has 0 unspecified atom stereocenters. The Labute approximate surface area is 397 Å². The van der Waals surface area contributed by atoms with Gasteiger partial charge in [0.05, 0.1) is 5.69 Å². The molecule has 0 N–H and O–H groups in total. The van der Waals surface area contributed by atoms with E-state index in [1.807, 2.05) is 12.1 Å². The molecule has 334 valence electrons. The number of anilines is 6. The van der Waals surface area contributed by atoms with Gasteiger partial charge in [-0.15, -0.1) is 0 Å². The van der Waals surface area contributed by atoms with Crippen LogP contribution in [0.25, 0.3) is 11.1 Å². The van der Waals surface area contributed by atoms with Crippen LogP contribution in [0.4, 0.5) is 34.1 Å². The second-order valence-electron chi connectivity index (χ2n) is 25.1. The smallest absolute Gasteiger partial charge is 0.252 e. The molecule has 0 fully saturated rings. The van der Waals surface area contributed by atoms with Gasteiger partial charge in [-0.3, -0.25) is 0 Å². The van der Waals surface area contributed by atoms with E-state index in [1.54, 1.807) is 0 Å². The van der Waals surface area contributed by atoms with Crippen molar-refractivity contribution in [3.05, 3.63) is 148 Å². The summed E-state index contributed by atoms with van der Waals surface area (Å²) < 4.78 is 27.6. The maximum atomic E-state index is 9.21. The second kappa shape index (κ2) is 14.2. The Hall–Kier alpha value is -5.02. The summed E-state index contributed by atoms with van der Waals surface area (Å²) in [4.78, 5) is 4.95. The molecule has 0 bridgehead atoms. The van der Waals surface area contributed by atoms with Crippen LogP contribution in [0.2, 0.25) is 0 Å². The second-order valence-corrected chi connectivity index (χ2v) is 25.1. The van der Waals surface area contributed by atoms with Crippen molar-refractivity contribution >= 4 is 57.2 Å². The molecule has 10 rings (SSSR count). The first-order valence-electron chi connectivity index (χ1n) is 26.0. The van der Waals surface area contributed by atoms with Gasteiger partial charge in [-0.1, -0.05) is 158 Å². The Morgan fingerprint density at radius 2 is 0.908 bits per heavy atom. The van der Waals surface area contributed by atoms with Crippen LogP contribution < -0.4 is 26.2 Å². The Bertz CT molecular complexity index is 3050. The molecule has 2 aliphatic carbocycles. The first-order valence-corrected chi connectivity index (χ1v) is 24.5. The molecule has 2 heterocycles. The molecule has 6 aromatic rings. The van der Waals surface area contributed by atoms with Gasteiger partial charge < -0.3 is 9.80 Å². The Kier molecular flexibility index (Phi) is 8.83. The number of benzene rings is 6. The van der Waals surface area contributed by atoms with Gasteiger partial charge in [-0.25, -0.2) is 0 Å². The Morgan fingerprint density at radius 3 is 1.35 bits per heavy atom. The first kappa shape index (κ1) is 40.3. The number of aryl methyl sites for hydroxylation is 2. The highest BCUT2D eigenvalue weighted by Crippen LogP contribution is 2.54. The number of hydrogen-bond donors (Lipinski definition) is 0. The normalized spacial score (nSPS) is 19.5. The summed E-state index contributed by atoms with van der Waals surface area (Å²) in [6, 6.07) is 39.1. The predicted molar refractivity (Wildman–Crippen MR) is 283 cm³/mol. The topological polar surface area (TPSA) is 6.48 Å². The van der Waals surface area contributed by atoms with E-state index in [2.05, 4.69) is 205 Å². The van der Waals surface area contributed by atoms with Crippen LogP contribution in [0.1, 0.15) is 171 Å². The molecule has 0 radical (unpaired) electrons. The lowest BCUT2D eigenvalue weighted by Gasteiger charge is -2.49. The van der Waals surface area contributed by atoms with Crippen molar-refractivity contribution in [3.63, 3.8) is 0 Å². The van der Waals surface area contributed by atoms with Crippen LogP contribution in [0.5, 0.6) is 0 Å². The van der Waals surface area contributed by atoms with Crippen LogP contribution in [0.3, 0.4) is 0 Å². The lowest BCUT2D eigenvalue weighted by Crippen LogP contribution is -2.62. The van der Waals surface area contributed by atoms with Crippen molar-refractivity contribution in [2.24, 2.45) is 0 Å². The fraction of sp³-hybridized carbons (Fsp3) is 0.419. The van der Waals surface area contributed by atoms with Gasteiger partial charge in [0, 0.05) is 38.1 Å². The van der Waals surface area contributed by atoms with E-state index in [0.717, 1.165) is 76.4 Å². The maximum Gasteiger partial charge on any atom is 0.252 e. The van der Waals surface area contributed by atoms with Gasteiger partial charge in [0.15, 0.2) is 0 Å². The number of rotatable bonds is 3. The largest absolute Gasteiger partial charge is 0.311 e. The van der Waals surface area contributed by atoms with Crippen LogP contribution in [0, 0.1) is 13.8 Å². The Balaban J connectivity index is 1.40. The summed E-state index contributed by atoms with van der Waals surface area (Å²) in [5.41, 5.74) is 21.8. The molecule has 0 amide bonds. The van der Waals surface area contributed by atoms with E-state index in [-0.39, 0.29) is 39.2 Å². The standard InChI is InChI=1S/C62H73BN2/c1-38-30-54-56-55(31-38)65(51-25-23-42(58(6,7)8)33-43(51)40-20-18-17-19-21-40)53-37-47-45(60(11,12)27-29-62(47,15)16)35-49(53)63(56)48-34-44-46(61(13,14)28-26-59(44,9)10)36-52(48)64(54)50-24-22-41(32-39(50)2)57(3,4)5/h17-25,30-37H,26-29H2,1-16H3/i1D3. The fourth-order valence-electron chi connectivity index (χ4n) is 12.1. The van der Waals surface area contributed by atoms with Crippen LogP contribution >= 0.6 is 0 Å². The van der Waals surface area contributed by atoms with Crippen molar-refractivity contribution in [2.45, 2.75) is 169 Å². The molecule has 65 heavy (non-hydrogen) atoms. The van der Waals surface area contributed by atoms with E-state index < -0.39 is 6.85 Å². The molecule has 0 spiro atoms. The van der Waals surface area contributed by atoms with E-state index in [0.29, 0.717) is 5.56 Å². The summed E-state index contributed by atoms with van der Waals surface area (Å²) in [7, 11) is 0. The lowest BCUT2D eigenvalue weighted by atomic mass is 9.32. The molecule has 0 atom stereocenters. The monoisotopic (exact) mass is 860 g/mol. The molecule has 2 nitrogen and oxygen atoms in total. The number of hydrogen-bond acceptors (Lipinski definition) is 2. The van der Waals surface area contributed by atoms with Gasteiger partial charge in [0.1, 0.15) is 0 Å². The maximum absolute atomic E-state index is 9.21. The minimum Gasteiger partial charge on any atom is -0.311 e. The zero-order chi connectivity index (χ0) is 49.1. The third-order valence-electron chi connectivity index (χ3n) is 16.5. The van der Waals surface area contributed by atoms with Crippen LogP contribution in [0.15, 0.2) is 103 Å². The SMILES string of the molecule is [2H]C([2H])([2H])c1cc2c3c(c1)N(c1ccc(C(C)(C)C)cc1-c1ccccc1)c1cc4c(cc1B3c1cc3c(cc1N2c1ccc(C(C)(C)C)cc1C)C(C)(C)CCC3(C)C)C(C)(C)CCC4(C)C. The van der Waals surface area contributed by atoms with Crippen molar-refractivity contribution < 1.29 is 4.11 Å². The van der Waals surface area contributed by atoms with Crippen molar-refractivity contribution in [1.82, 2.24) is 0 Å². The molecule has 0 saturated heterocycles. The average Bonchev–Trinajstić information content (AvgIpc) is 3.25. The molecule has 0 aromatic heterocycles. The number of nitrogens with zero attached hydrogens (tertiary/aromatic N) is 2. The summed E-state index contributed by atoms with van der Waals surface area (Å²) in [6.45, 7) is 32.8. The third kappa shape index (κ3) is 6.87. The molecule has 3 heteroatoms. The number of fused-ring (bicyclic) bond motifs is 6. The van der Waals surface area contributed by atoms with Crippen molar-refractivity contribution in [1.29, 1.82) is 0 Å². The quantitative estimate of drug-likeness (QED) is 0.163. The summed E-state index contributed by atoms with van der Waals surface area (Å²) in [6.07, 6.45) is 4.43. The van der Waals surface area contributed by atoms with Crippen molar-refractivity contribution in [3.8, 4) is 11.1 Å².